The van der Waals surface area contributed by atoms with Crippen LogP contribution in [0.5, 0.6) is 0 Å². The predicted molar refractivity (Wildman–Crippen MR) is 72.6 cm³/mol. The van der Waals surface area contributed by atoms with Crippen molar-refractivity contribution in [1.82, 2.24) is 15.1 Å². The first kappa shape index (κ1) is 13.6. The van der Waals surface area contributed by atoms with E-state index in [1.807, 2.05) is 20.4 Å². The van der Waals surface area contributed by atoms with Crippen molar-refractivity contribution < 1.29 is 4.74 Å². The van der Waals surface area contributed by atoms with E-state index in [1.54, 1.807) is 0 Å². The first-order valence-corrected chi connectivity index (χ1v) is 6.90. The summed E-state index contributed by atoms with van der Waals surface area (Å²) in [6.07, 6.45) is 6.64. The number of rotatable bonds is 5. The number of ether oxygens (including phenoxy) is 1. The van der Waals surface area contributed by atoms with Crippen molar-refractivity contribution in [2.75, 3.05) is 14.2 Å². The Hall–Kier alpha value is -0.870. The Labute approximate surface area is 110 Å². The molecule has 1 aliphatic rings. The Kier molecular flexibility index (Phi) is 4.07. The Balaban J connectivity index is 2.35. The molecule has 1 heterocycles. The van der Waals surface area contributed by atoms with Crippen molar-refractivity contribution in [2.45, 2.75) is 57.2 Å². The number of nitrogens with one attached hydrogen (secondary N) is 1. The second kappa shape index (κ2) is 5.41. The number of hydrogen-bond acceptors (Lipinski definition) is 3. The molecule has 102 valence electrons. The molecule has 1 aromatic rings. The van der Waals surface area contributed by atoms with Crippen LogP contribution in [0.25, 0.3) is 0 Å². The minimum Gasteiger partial charge on any atom is -0.376 e. The minimum absolute atomic E-state index is 0.0680. The van der Waals surface area contributed by atoms with Gasteiger partial charge in [-0.1, -0.05) is 12.8 Å². The maximum Gasteiger partial charge on any atom is 0.0887 e. The van der Waals surface area contributed by atoms with E-state index in [4.69, 9.17) is 4.74 Å². The van der Waals surface area contributed by atoms with Gasteiger partial charge in [0.05, 0.1) is 17.3 Å². The fraction of sp³-hybridized carbons (Fsp3) is 0.786. The van der Waals surface area contributed by atoms with Gasteiger partial charge in [0, 0.05) is 19.3 Å². The molecule has 1 N–H and O–H groups in total. The molecule has 4 nitrogen and oxygen atoms in total. The number of aromatic nitrogens is 2. The van der Waals surface area contributed by atoms with Crippen molar-refractivity contribution in [2.24, 2.45) is 0 Å². The third-order valence-electron chi connectivity index (χ3n) is 4.16. The summed E-state index contributed by atoms with van der Waals surface area (Å²) in [7, 11) is 3.85. The van der Waals surface area contributed by atoms with Crippen molar-refractivity contribution >= 4 is 0 Å². The molecule has 0 bridgehead atoms. The third kappa shape index (κ3) is 2.19. The predicted octanol–water partition coefficient (Wildman–Crippen LogP) is 2.68. The van der Waals surface area contributed by atoms with E-state index in [9.17, 15) is 0 Å². The van der Waals surface area contributed by atoms with E-state index >= 15 is 0 Å². The largest absolute Gasteiger partial charge is 0.376 e. The smallest absolute Gasteiger partial charge is 0.0887 e. The van der Waals surface area contributed by atoms with Crippen LogP contribution in [0.3, 0.4) is 0 Å². The van der Waals surface area contributed by atoms with Crippen LogP contribution >= 0.6 is 0 Å². The summed E-state index contributed by atoms with van der Waals surface area (Å²) in [5.74, 6) is 0. The lowest BCUT2D eigenvalue weighted by atomic mass is 9.89. The van der Waals surface area contributed by atoms with Crippen molar-refractivity contribution in [3.63, 3.8) is 0 Å². The fourth-order valence-electron chi connectivity index (χ4n) is 3.25. The maximum absolute atomic E-state index is 5.91. The highest BCUT2D eigenvalue weighted by molar-refractivity contribution is 5.15. The van der Waals surface area contributed by atoms with Gasteiger partial charge < -0.3 is 10.1 Å². The van der Waals surface area contributed by atoms with E-state index in [1.165, 1.54) is 18.5 Å². The molecule has 1 atom stereocenters. The Morgan fingerprint density at radius 2 is 2.06 bits per heavy atom. The fourth-order valence-corrected chi connectivity index (χ4v) is 3.25. The molecular formula is C14H25N3O. The minimum atomic E-state index is -0.0680. The molecule has 2 rings (SSSR count). The normalized spacial score (nSPS) is 20.5. The molecule has 0 amide bonds. The highest BCUT2D eigenvalue weighted by Gasteiger charge is 2.43. The van der Waals surface area contributed by atoms with Gasteiger partial charge >= 0.3 is 0 Å². The second-order valence-corrected chi connectivity index (χ2v) is 5.49. The summed E-state index contributed by atoms with van der Waals surface area (Å²) in [6, 6.07) is 2.70. The first-order valence-electron chi connectivity index (χ1n) is 6.90. The van der Waals surface area contributed by atoms with E-state index in [0.717, 1.165) is 12.8 Å². The maximum atomic E-state index is 5.91. The average molecular weight is 251 g/mol. The van der Waals surface area contributed by atoms with Gasteiger partial charge in [-0.15, -0.1) is 0 Å². The van der Waals surface area contributed by atoms with Gasteiger partial charge in [-0.05, 0) is 39.8 Å². The van der Waals surface area contributed by atoms with Gasteiger partial charge in [-0.3, -0.25) is 4.68 Å². The third-order valence-corrected chi connectivity index (χ3v) is 4.16. The molecule has 0 radical (unpaired) electrons. The molecule has 1 fully saturated rings. The van der Waals surface area contributed by atoms with E-state index in [-0.39, 0.29) is 11.6 Å². The van der Waals surface area contributed by atoms with Gasteiger partial charge in [0.15, 0.2) is 0 Å². The Morgan fingerprint density at radius 3 is 2.56 bits per heavy atom. The van der Waals surface area contributed by atoms with Gasteiger partial charge in [-0.2, -0.15) is 5.10 Å². The molecule has 0 saturated heterocycles. The lowest BCUT2D eigenvalue weighted by molar-refractivity contribution is -0.0372. The van der Waals surface area contributed by atoms with Crippen LogP contribution in [0, 0.1) is 0 Å². The summed E-state index contributed by atoms with van der Waals surface area (Å²) in [4.78, 5) is 0. The zero-order chi connectivity index (χ0) is 13.2. The lowest BCUT2D eigenvalue weighted by Crippen LogP contribution is -2.43. The molecular weight excluding hydrogens is 226 g/mol. The molecule has 0 aromatic carbocycles. The molecule has 1 aliphatic carbocycles. The molecule has 1 unspecified atom stereocenters. The zero-order valence-corrected chi connectivity index (χ0v) is 11.9. The van der Waals surface area contributed by atoms with Crippen LogP contribution in [-0.2, 0) is 4.74 Å². The van der Waals surface area contributed by atoms with E-state index < -0.39 is 0 Å². The second-order valence-electron chi connectivity index (χ2n) is 5.49. The van der Waals surface area contributed by atoms with Crippen LogP contribution in [0.4, 0.5) is 0 Å². The quantitative estimate of drug-likeness (QED) is 0.874. The Morgan fingerprint density at radius 1 is 1.39 bits per heavy atom. The van der Waals surface area contributed by atoms with E-state index in [2.05, 4.69) is 35.0 Å². The van der Waals surface area contributed by atoms with Crippen molar-refractivity contribution in [3.8, 4) is 0 Å². The molecule has 0 aliphatic heterocycles. The van der Waals surface area contributed by atoms with Gasteiger partial charge in [0.2, 0.25) is 0 Å². The molecule has 1 saturated carbocycles. The Bertz CT molecular complexity index is 380. The van der Waals surface area contributed by atoms with Gasteiger partial charge in [0.25, 0.3) is 0 Å². The van der Waals surface area contributed by atoms with Gasteiger partial charge in [-0.25, -0.2) is 0 Å². The zero-order valence-electron chi connectivity index (χ0n) is 11.9. The molecule has 4 heteroatoms. The molecule has 1 aromatic heterocycles. The van der Waals surface area contributed by atoms with Crippen LogP contribution in [0.2, 0.25) is 0 Å². The highest BCUT2D eigenvalue weighted by Crippen LogP contribution is 2.42. The highest BCUT2D eigenvalue weighted by atomic mass is 16.5. The van der Waals surface area contributed by atoms with Crippen LogP contribution in [0.1, 0.15) is 57.3 Å². The lowest BCUT2D eigenvalue weighted by Gasteiger charge is -2.36. The summed E-state index contributed by atoms with van der Waals surface area (Å²) in [6.45, 7) is 4.33. The SMILES string of the molecule is CNC(c1ccnn1C(C)C)C1(OC)CCCC1. The first-order chi connectivity index (χ1) is 8.64. The average Bonchev–Trinajstić information content (AvgIpc) is 2.99. The standard InChI is InChI=1S/C14H25N3O/c1-11(2)17-12(7-10-16-17)13(15-3)14(18-4)8-5-6-9-14/h7,10-11,13,15H,5-6,8-9H2,1-4H3. The topological polar surface area (TPSA) is 39.1 Å². The number of methoxy groups -OCH3 is 1. The number of nitrogens with zero attached hydrogens (tertiary/aromatic N) is 2. The summed E-state index contributed by atoms with van der Waals surface area (Å²) >= 11 is 0. The summed E-state index contributed by atoms with van der Waals surface area (Å²) in [5.41, 5.74) is 1.16. The molecule has 18 heavy (non-hydrogen) atoms. The number of likely N-dealkylation sites (N-methyl/N-ethyl adjacent to an activating group) is 1. The number of hydrogen-bond donors (Lipinski definition) is 1. The van der Waals surface area contributed by atoms with Crippen molar-refractivity contribution in [3.05, 3.63) is 18.0 Å². The van der Waals surface area contributed by atoms with Crippen LogP contribution in [0.15, 0.2) is 12.3 Å². The van der Waals surface area contributed by atoms with E-state index in [0.29, 0.717) is 6.04 Å². The van der Waals surface area contributed by atoms with Gasteiger partial charge in [0.1, 0.15) is 0 Å². The molecule has 0 spiro atoms. The van der Waals surface area contributed by atoms with Crippen LogP contribution in [-0.4, -0.2) is 29.5 Å². The summed E-state index contributed by atoms with van der Waals surface area (Å²) in [5, 5.41) is 7.89. The van der Waals surface area contributed by atoms with Crippen molar-refractivity contribution in [1.29, 1.82) is 0 Å². The van der Waals surface area contributed by atoms with Crippen LogP contribution < -0.4 is 5.32 Å². The monoisotopic (exact) mass is 251 g/mol. The summed E-state index contributed by atoms with van der Waals surface area (Å²) < 4.78 is 8.00.